The van der Waals surface area contributed by atoms with Crippen LogP contribution in [0.15, 0.2) is 47.5 Å². The monoisotopic (exact) mass is 302 g/mol. The lowest BCUT2D eigenvalue weighted by Gasteiger charge is -2.04. The predicted molar refractivity (Wildman–Crippen MR) is 85.9 cm³/mol. The highest BCUT2D eigenvalue weighted by atomic mass is 35.5. The molecule has 2 rings (SSSR count). The van der Waals surface area contributed by atoms with Gasteiger partial charge in [-0.1, -0.05) is 49.7 Å². The van der Waals surface area contributed by atoms with E-state index in [-0.39, 0.29) is 11.4 Å². The van der Waals surface area contributed by atoms with Crippen LogP contribution in [0.4, 0.5) is 11.4 Å². The highest BCUT2D eigenvalue weighted by Crippen LogP contribution is 2.30. The molecule has 0 aliphatic heterocycles. The Morgan fingerprint density at radius 2 is 1.86 bits per heavy atom. The molecule has 0 aromatic heterocycles. The Morgan fingerprint density at radius 3 is 2.43 bits per heavy atom. The van der Waals surface area contributed by atoms with Gasteiger partial charge in [-0.25, -0.2) is 4.99 Å². The van der Waals surface area contributed by atoms with Crippen LogP contribution in [0.2, 0.25) is 5.02 Å². The minimum atomic E-state index is -0.486. The van der Waals surface area contributed by atoms with E-state index in [0.717, 1.165) is 5.56 Å². The molecule has 0 N–H and O–H groups in total. The normalized spacial score (nSPS) is 11.2. The summed E-state index contributed by atoms with van der Waals surface area (Å²) in [7, 11) is 0. The van der Waals surface area contributed by atoms with E-state index in [1.54, 1.807) is 18.3 Å². The molecule has 0 heterocycles. The summed E-state index contributed by atoms with van der Waals surface area (Å²) in [6.07, 6.45) is 1.61. The van der Waals surface area contributed by atoms with Crippen LogP contribution < -0.4 is 0 Å². The van der Waals surface area contributed by atoms with Gasteiger partial charge < -0.3 is 0 Å². The third-order valence-electron chi connectivity index (χ3n) is 3.09. The minimum Gasteiger partial charge on any atom is -0.258 e. The summed E-state index contributed by atoms with van der Waals surface area (Å²) in [5, 5.41) is 11.3. The van der Waals surface area contributed by atoms with E-state index in [4.69, 9.17) is 11.6 Å². The first-order valence-electron chi connectivity index (χ1n) is 6.55. The van der Waals surface area contributed by atoms with Gasteiger partial charge in [-0.15, -0.1) is 0 Å². The van der Waals surface area contributed by atoms with Gasteiger partial charge in [0.25, 0.3) is 5.69 Å². The molecule has 0 saturated heterocycles. The van der Waals surface area contributed by atoms with Crippen molar-refractivity contribution in [3.8, 4) is 0 Å². The Bertz CT molecular complexity index is 679. The van der Waals surface area contributed by atoms with E-state index in [0.29, 0.717) is 10.9 Å². The number of benzene rings is 2. The third-order valence-corrected chi connectivity index (χ3v) is 3.33. The minimum absolute atomic E-state index is 0.0995. The molecule has 0 aliphatic rings. The van der Waals surface area contributed by atoms with Crippen molar-refractivity contribution in [1.29, 1.82) is 0 Å². The zero-order valence-electron chi connectivity index (χ0n) is 11.8. The molecular weight excluding hydrogens is 288 g/mol. The van der Waals surface area contributed by atoms with Crippen LogP contribution >= 0.6 is 11.6 Å². The summed E-state index contributed by atoms with van der Waals surface area (Å²) in [5.41, 5.74) is 2.32. The summed E-state index contributed by atoms with van der Waals surface area (Å²) in [6.45, 7) is 4.25. The average molecular weight is 303 g/mol. The molecule has 0 spiro atoms. The van der Waals surface area contributed by atoms with Gasteiger partial charge >= 0.3 is 0 Å². The first-order valence-corrected chi connectivity index (χ1v) is 6.93. The van der Waals surface area contributed by atoms with E-state index in [1.807, 2.05) is 24.3 Å². The van der Waals surface area contributed by atoms with E-state index >= 15 is 0 Å². The van der Waals surface area contributed by atoms with Gasteiger partial charge in [0.15, 0.2) is 0 Å². The van der Waals surface area contributed by atoms with Gasteiger partial charge in [-0.3, -0.25) is 10.1 Å². The second kappa shape index (κ2) is 6.50. The largest absolute Gasteiger partial charge is 0.296 e. The molecule has 0 amide bonds. The van der Waals surface area contributed by atoms with E-state index in [1.165, 1.54) is 11.6 Å². The first kappa shape index (κ1) is 15.2. The van der Waals surface area contributed by atoms with Crippen molar-refractivity contribution in [2.45, 2.75) is 19.8 Å². The van der Waals surface area contributed by atoms with Crippen LogP contribution in [0.5, 0.6) is 0 Å². The smallest absolute Gasteiger partial charge is 0.258 e. The quantitative estimate of drug-likeness (QED) is 0.447. The third kappa shape index (κ3) is 3.89. The number of nitro benzene ring substituents is 1. The van der Waals surface area contributed by atoms with Crippen molar-refractivity contribution in [2.24, 2.45) is 4.99 Å². The maximum Gasteiger partial charge on any atom is 0.296 e. The summed E-state index contributed by atoms with van der Waals surface area (Å²) in [5.74, 6) is 0.466. The lowest BCUT2D eigenvalue weighted by molar-refractivity contribution is -0.384. The summed E-state index contributed by atoms with van der Waals surface area (Å²) < 4.78 is 0. The summed E-state index contributed by atoms with van der Waals surface area (Å²) >= 11 is 5.77. The molecule has 21 heavy (non-hydrogen) atoms. The van der Waals surface area contributed by atoms with E-state index in [9.17, 15) is 10.1 Å². The fourth-order valence-electron chi connectivity index (χ4n) is 1.86. The fourth-order valence-corrected chi connectivity index (χ4v) is 2.03. The van der Waals surface area contributed by atoms with Crippen LogP contribution in [0.25, 0.3) is 0 Å². The molecular formula is C16H15ClN2O2. The zero-order chi connectivity index (χ0) is 15.4. The second-order valence-corrected chi connectivity index (χ2v) is 5.41. The Hall–Kier alpha value is -2.20. The van der Waals surface area contributed by atoms with Crippen molar-refractivity contribution in [1.82, 2.24) is 0 Å². The fraction of sp³-hybridized carbons (Fsp3) is 0.188. The van der Waals surface area contributed by atoms with Crippen LogP contribution in [0.1, 0.15) is 30.9 Å². The highest BCUT2D eigenvalue weighted by molar-refractivity contribution is 6.30. The summed E-state index contributed by atoms with van der Waals surface area (Å²) in [6, 6.07) is 12.4. The molecule has 0 atom stereocenters. The Morgan fingerprint density at radius 1 is 1.19 bits per heavy atom. The Labute approximate surface area is 128 Å². The van der Waals surface area contributed by atoms with Crippen molar-refractivity contribution in [3.05, 3.63) is 68.7 Å². The van der Waals surface area contributed by atoms with E-state index in [2.05, 4.69) is 18.8 Å². The van der Waals surface area contributed by atoms with Crippen molar-refractivity contribution < 1.29 is 4.92 Å². The van der Waals surface area contributed by atoms with Crippen molar-refractivity contribution >= 4 is 29.2 Å². The topological polar surface area (TPSA) is 55.5 Å². The molecule has 0 radical (unpaired) electrons. The van der Waals surface area contributed by atoms with Crippen molar-refractivity contribution in [3.63, 3.8) is 0 Å². The molecule has 108 valence electrons. The van der Waals surface area contributed by atoms with Crippen LogP contribution in [0.3, 0.4) is 0 Å². The second-order valence-electron chi connectivity index (χ2n) is 4.97. The number of halogens is 1. The maximum atomic E-state index is 11.0. The molecule has 0 bridgehead atoms. The zero-order valence-corrected chi connectivity index (χ0v) is 12.5. The predicted octanol–water partition coefficient (Wildman–Crippen LogP) is 5.12. The molecule has 0 unspecified atom stereocenters. The van der Waals surface area contributed by atoms with Gasteiger partial charge in [-0.2, -0.15) is 0 Å². The molecule has 0 fully saturated rings. The standard InChI is InChI=1S/C16H15ClN2O2/c1-11(2)13-5-3-12(4-6-13)10-18-15-8-7-14(17)9-16(15)19(20)21/h3-11H,1-2H3. The Kier molecular flexibility index (Phi) is 4.70. The van der Waals surface area contributed by atoms with Gasteiger partial charge in [0.05, 0.1) is 4.92 Å². The number of hydrogen-bond acceptors (Lipinski definition) is 3. The van der Waals surface area contributed by atoms with Crippen LogP contribution in [-0.4, -0.2) is 11.1 Å². The number of aliphatic imine (C=N–C) groups is 1. The molecule has 0 saturated carbocycles. The lowest BCUT2D eigenvalue weighted by atomic mass is 10.0. The molecule has 0 aliphatic carbocycles. The van der Waals surface area contributed by atoms with Crippen molar-refractivity contribution in [2.75, 3.05) is 0 Å². The van der Waals surface area contributed by atoms with Gasteiger partial charge in [0.1, 0.15) is 5.69 Å². The first-order chi connectivity index (χ1) is 9.97. The Balaban J connectivity index is 2.27. The van der Waals surface area contributed by atoms with Crippen LogP contribution in [0, 0.1) is 10.1 Å². The van der Waals surface area contributed by atoms with Gasteiger partial charge in [0, 0.05) is 17.3 Å². The molecule has 2 aromatic rings. The number of nitrogens with zero attached hydrogens (tertiary/aromatic N) is 2. The molecule has 5 heteroatoms. The highest BCUT2D eigenvalue weighted by Gasteiger charge is 2.13. The summed E-state index contributed by atoms with van der Waals surface area (Å²) in [4.78, 5) is 14.7. The number of nitro groups is 1. The molecule has 4 nitrogen and oxygen atoms in total. The maximum absolute atomic E-state index is 11.0. The SMILES string of the molecule is CC(C)c1ccc(C=Nc2ccc(Cl)cc2[N+](=O)[O-])cc1. The molecule has 2 aromatic carbocycles. The van der Waals surface area contributed by atoms with E-state index < -0.39 is 4.92 Å². The number of rotatable bonds is 4. The lowest BCUT2D eigenvalue weighted by Crippen LogP contribution is -1.90. The van der Waals surface area contributed by atoms with Gasteiger partial charge in [-0.05, 0) is 29.2 Å². The number of hydrogen-bond donors (Lipinski definition) is 0. The van der Waals surface area contributed by atoms with Gasteiger partial charge in [0.2, 0.25) is 0 Å². The van der Waals surface area contributed by atoms with Crippen LogP contribution in [-0.2, 0) is 0 Å². The average Bonchev–Trinajstić information content (AvgIpc) is 2.46.